The Morgan fingerprint density at radius 1 is 1.22 bits per heavy atom. The molecule has 92 valence electrons. The molecule has 0 amide bonds. The van der Waals surface area contributed by atoms with Crippen LogP contribution in [-0.2, 0) is 0 Å². The fourth-order valence-corrected chi connectivity index (χ4v) is 3.01. The van der Waals surface area contributed by atoms with Crippen LogP contribution in [0.3, 0.4) is 0 Å². The smallest absolute Gasteiger partial charge is 0.124 e. The van der Waals surface area contributed by atoms with Gasteiger partial charge >= 0.3 is 0 Å². The van der Waals surface area contributed by atoms with Gasteiger partial charge in [0.2, 0.25) is 0 Å². The van der Waals surface area contributed by atoms with Crippen molar-refractivity contribution < 1.29 is 4.39 Å². The van der Waals surface area contributed by atoms with E-state index < -0.39 is 5.82 Å². The van der Waals surface area contributed by atoms with E-state index >= 15 is 0 Å². The maximum absolute atomic E-state index is 13.1. The zero-order chi connectivity index (χ0) is 13.1. The maximum atomic E-state index is 13.1. The van der Waals surface area contributed by atoms with Crippen LogP contribution in [0.2, 0.25) is 0 Å². The molecular weight excluding hydrogens is 315 g/mol. The van der Waals surface area contributed by atoms with Gasteiger partial charge in [0, 0.05) is 19.8 Å². The lowest BCUT2D eigenvalue weighted by atomic mass is 10.2. The Bertz CT molecular complexity index is 601. The molecule has 3 N–H and O–H groups in total. The van der Waals surface area contributed by atoms with Crippen LogP contribution in [0.4, 0.5) is 4.39 Å². The number of rotatable bonds is 3. The highest BCUT2D eigenvalue weighted by molar-refractivity contribution is 9.10. The van der Waals surface area contributed by atoms with E-state index in [4.69, 9.17) is 11.1 Å². The SMILES string of the molecule is N=C(N)c1cc(F)ccc1Sc1cccc(Br)c1. The molecule has 0 radical (unpaired) electrons. The monoisotopic (exact) mass is 324 g/mol. The molecule has 0 aliphatic carbocycles. The third-order valence-corrected chi connectivity index (χ3v) is 3.81. The zero-order valence-corrected chi connectivity index (χ0v) is 11.7. The molecule has 0 fully saturated rings. The molecule has 0 unspecified atom stereocenters. The Kier molecular flexibility index (Phi) is 4.04. The van der Waals surface area contributed by atoms with Crippen LogP contribution in [0.15, 0.2) is 56.7 Å². The van der Waals surface area contributed by atoms with Crippen molar-refractivity contribution in [2.24, 2.45) is 5.73 Å². The molecule has 5 heteroatoms. The average Bonchev–Trinajstić information content (AvgIpc) is 2.31. The van der Waals surface area contributed by atoms with Crippen molar-refractivity contribution in [3.8, 4) is 0 Å². The highest BCUT2D eigenvalue weighted by Crippen LogP contribution is 2.32. The van der Waals surface area contributed by atoms with Crippen LogP contribution in [0, 0.1) is 11.2 Å². The summed E-state index contributed by atoms with van der Waals surface area (Å²) >= 11 is 4.84. The van der Waals surface area contributed by atoms with Crippen molar-refractivity contribution in [2.75, 3.05) is 0 Å². The minimum absolute atomic E-state index is 0.132. The molecule has 0 aliphatic heterocycles. The van der Waals surface area contributed by atoms with E-state index in [2.05, 4.69) is 15.9 Å². The number of benzene rings is 2. The van der Waals surface area contributed by atoms with Gasteiger partial charge in [0.1, 0.15) is 11.7 Å². The van der Waals surface area contributed by atoms with E-state index in [1.54, 1.807) is 6.07 Å². The quantitative estimate of drug-likeness (QED) is 0.661. The lowest BCUT2D eigenvalue weighted by Gasteiger charge is -2.08. The first-order valence-electron chi connectivity index (χ1n) is 5.13. The van der Waals surface area contributed by atoms with E-state index in [1.165, 1.54) is 23.9 Å². The highest BCUT2D eigenvalue weighted by atomic mass is 79.9. The zero-order valence-electron chi connectivity index (χ0n) is 9.28. The Labute approximate surface area is 117 Å². The van der Waals surface area contributed by atoms with Gasteiger partial charge in [0.15, 0.2) is 0 Å². The van der Waals surface area contributed by atoms with E-state index in [0.717, 1.165) is 14.3 Å². The average molecular weight is 325 g/mol. The van der Waals surface area contributed by atoms with Gasteiger partial charge < -0.3 is 5.73 Å². The summed E-state index contributed by atoms with van der Waals surface area (Å²) in [5, 5.41) is 7.47. The molecule has 0 spiro atoms. The Balaban J connectivity index is 2.37. The van der Waals surface area contributed by atoms with Gasteiger partial charge in [-0.1, -0.05) is 33.8 Å². The van der Waals surface area contributed by atoms with Gasteiger partial charge in [-0.2, -0.15) is 0 Å². The van der Waals surface area contributed by atoms with Crippen molar-refractivity contribution in [1.82, 2.24) is 0 Å². The molecule has 2 rings (SSSR count). The summed E-state index contributed by atoms with van der Waals surface area (Å²) in [6.07, 6.45) is 0. The Morgan fingerprint density at radius 3 is 2.67 bits per heavy atom. The largest absolute Gasteiger partial charge is 0.384 e. The third-order valence-electron chi connectivity index (χ3n) is 2.26. The van der Waals surface area contributed by atoms with Crippen LogP contribution < -0.4 is 5.73 Å². The Hall–Kier alpha value is -1.33. The van der Waals surface area contributed by atoms with Gasteiger partial charge in [-0.25, -0.2) is 4.39 Å². The minimum atomic E-state index is -0.390. The summed E-state index contributed by atoms with van der Waals surface area (Å²) in [5.41, 5.74) is 5.88. The molecule has 0 saturated heterocycles. The molecule has 18 heavy (non-hydrogen) atoms. The van der Waals surface area contributed by atoms with Crippen molar-refractivity contribution in [1.29, 1.82) is 5.41 Å². The number of nitrogen functional groups attached to an aromatic ring is 1. The summed E-state index contributed by atoms with van der Waals surface area (Å²) in [6, 6.07) is 12.0. The fourth-order valence-electron chi connectivity index (χ4n) is 1.46. The van der Waals surface area contributed by atoms with Crippen LogP contribution in [0.25, 0.3) is 0 Å². The third kappa shape index (κ3) is 3.11. The number of nitrogens with two attached hydrogens (primary N) is 1. The number of nitrogens with one attached hydrogen (secondary N) is 1. The van der Waals surface area contributed by atoms with Gasteiger partial charge in [0.05, 0.1) is 0 Å². The molecule has 2 aromatic rings. The fraction of sp³-hybridized carbons (Fsp3) is 0. The lowest BCUT2D eigenvalue weighted by Crippen LogP contribution is -2.12. The molecule has 2 nitrogen and oxygen atoms in total. The summed E-state index contributed by atoms with van der Waals surface area (Å²) < 4.78 is 14.1. The number of halogens is 2. The number of amidine groups is 1. The predicted molar refractivity (Wildman–Crippen MR) is 75.7 cm³/mol. The molecule has 2 aromatic carbocycles. The summed E-state index contributed by atoms with van der Waals surface area (Å²) in [4.78, 5) is 1.76. The summed E-state index contributed by atoms with van der Waals surface area (Å²) in [5.74, 6) is -0.522. The molecule has 0 heterocycles. The van der Waals surface area contributed by atoms with Crippen LogP contribution in [-0.4, -0.2) is 5.84 Å². The van der Waals surface area contributed by atoms with Gasteiger partial charge in [-0.05, 0) is 36.4 Å². The van der Waals surface area contributed by atoms with Crippen molar-refractivity contribution in [2.45, 2.75) is 9.79 Å². The van der Waals surface area contributed by atoms with Crippen LogP contribution >= 0.6 is 27.7 Å². The van der Waals surface area contributed by atoms with Gasteiger partial charge in [0.25, 0.3) is 0 Å². The summed E-state index contributed by atoms with van der Waals surface area (Å²) in [6.45, 7) is 0. The van der Waals surface area contributed by atoms with Crippen LogP contribution in [0.1, 0.15) is 5.56 Å². The first kappa shape index (κ1) is 13.1. The molecule has 0 atom stereocenters. The van der Waals surface area contributed by atoms with E-state index in [0.29, 0.717) is 5.56 Å². The summed E-state index contributed by atoms with van der Waals surface area (Å²) in [7, 11) is 0. The first-order valence-corrected chi connectivity index (χ1v) is 6.74. The standard InChI is InChI=1S/C13H10BrFN2S/c14-8-2-1-3-10(6-8)18-12-5-4-9(15)7-11(12)13(16)17/h1-7H,(H3,16,17). The van der Waals surface area contributed by atoms with Gasteiger partial charge in [-0.15, -0.1) is 0 Å². The normalized spacial score (nSPS) is 10.3. The van der Waals surface area contributed by atoms with Crippen molar-refractivity contribution in [3.63, 3.8) is 0 Å². The van der Waals surface area contributed by atoms with Gasteiger partial charge in [-0.3, -0.25) is 5.41 Å². The second-order valence-corrected chi connectivity index (χ2v) is 5.64. The van der Waals surface area contributed by atoms with E-state index in [-0.39, 0.29) is 5.84 Å². The second kappa shape index (κ2) is 5.54. The van der Waals surface area contributed by atoms with Crippen molar-refractivity contribution in [3.05, 3.63) is 58.3 Å². The predicted octanol–water partition coefficient (Wildman–Crippen LogP) is 4.02. The topological polar surface area (TPSA) is 49.9 Å². The molecule has 0 bridgehead atoms. The first-order chi connectivity index (χ1) is 8.56. The molecular formula is C13H10BrFN2S. The number of hydrogen-bond donors (Lipinski definition) is 2. The number of hydrogen-bond acceptors (Lipinski definition) is 2. The van der Waals surface area contributed by atoms with Crippen molar-refractivity contribution >= 4 is 33.5 Å². The minimum Gasteiger partial charge on any atom is -0.384 e. The Morgan fingerprint density at radius 2 is 2.00 bits per heavy atom. The van der Waals surface area contributed by atoms with E-state index in [9.17, 15) is 4.39 Å². The molecule has 0 aliphatic rings. The second-order valence-electron chi connectivity index (χ2n) is 3.61. The molecule has 0 saturated carbocycles. The maximum Gasteiger partial charge on any atom is 0.124 e. The van der Waals surface area contributed by atoms with Crippen LogP contribution in [0.5, 0.6) is 0 Å². The molecule has 0 aromatic heterocycles. The highest BCUT2D eigenvalue weighted by Gasteiger charge is 2.08. The van der Waals surface area contributed by atoms with E-state index in [1.807, 2.05) is 24.3 Å². The lowest BCUT2D eigenvalue weighted by molar-refractivity contribution is 0.626.